The van der Waals surface area contributed by atoms with Gasteiger partial charge in [-0.2, -0.15) is 0 Å². The van der Waals surface area contributed by atoms with E-state index in [9.17, 15) is 10.1 Å². The van der Waals surface area contributed by atoms with Gasteiger partial charge in [-0.25, -0.2) is 0 Å². The van der Waals surface area contributed by atoms with Crippen molar-refractivity contribution in [1.82, 2.24) is 0 Å². The number of aryl methyl sites for hydroxylation is 1. The van der Waals surface area contributed by atoms with Gasteiger partial charge in [-0.05, 0) is 13.0 Å². The molecule has 6 nitrogen and oxygen atoms in total. The topological polar surface area (TPSA) is 73.6 Å². The van der Waals surface area contributed by atoms with Crippen LogP contribution >= 0.6 is 0 Å². The van der Waals surface area contributed by atoms with Crippen molar-refractivity contribution in [3.05, 3.63) is 33.9 Å². The number of nitro groups is 1. The maximum Gasteiger partial charge on any atom is 0.274 e. The first kappa shape index (κ1) is 13.8. The lowest BCUT2D eigenvalue weighted by Gasteiger charge is -2.26. The van der Waals surface area contributed by atoms with Crippen molar-refractivity contribution in [3.8, 4) is 0 Å². The number of nitrogens with one attached hydrogen (secondary N) is 1. The van der Waals surface area contributed by atoms with Crippen LogP contribution in [0.5, 0.6) is 0 Å². The summed E-state index contributed by atoms with van der Waals surface area (Å²) in [7, 11) is 1.66. The molecule has 0 radical (unpaired) electrons. The maximum absolute atomic E-state index is 10.9. The van der Waals surface area contributed by atoms with E-state index in [1.165, 1.54) is 0 Å². The highest BCUT2D eigenvalue weighted by Gasteiger charge is 2.34. The fraction of sp³-hybridized carbons (Fsp3) is 0.538. The zero-order chi connectivity index (χ0) is 13.9. The molecule has 0 bridgehead atoms. The molecule has 0 aromatic heterocycles. The molecule has 19 heavy (non-hydrogen) atoms. The molecule has 6 heteroatoms. The third-order valence-corrected chi connectivity index (χ3v) is 3.52. The Kier molecular flexibility index (Phi) is 4.01. The van der Waals surface area contributed by atoms with Gasteiger partial charge in [0.1, 0.15) is 5.60 Å². The number of anilines is 1. The van der Waals surface area contributed by atoms with E-state index in [2.05, 4.69) is 5.32 Å². The molecule has 1 aromatic rings. The van der Waals surface area contributed by atoms with Gasteiger partial charge in [0.25, 0.3) is 5.69 Å². The molecule has 1 fully saturated rings. The van der Waals surface area contributed by atoms with E-state index in [0.717, 1.165) is 12.1 Å². The molecular weight excluding hydrogens is 248 g/mol. The monoisotopic (exact) mass is 266 g/mol. The molecule has 1 aliphatic heterocycles. The minimum atomic E-state index is -0.370. The second kappa shape index (κ2) is 5.54. The lowest BCUT2D eigenvalue weighted by molar-refractivity contribution is -0.385. The van der Waals surface area contributed by atoms with Gasteiger partial charge < -0.3 is 14.8 Å². The van der Waals surface area contributed by atoms with E-state index in [-0.39, 0.29) is 16.2 Å². The largest absolute Gasteiger partial charge is 0.382 e. The lowest BCUT2D eigenvalue weighted by atomic mass is 10.0. The zero-order valence-electron chi connectivity index (χ0n) is 11.1. The van der Waals surface area contributed by atoms with Crippen molar-refractivity contribution in [3.63, 3.8) is 0 Å². The number of benzene rings is 1. The number of ether oxygens (including phenoxy) is 2. The third-order valence-electron chi connectivity index (χ3n) is 3.52. The number of nitrogens with zero attached hydrogens (tertiary/aromatic N) is 1. The van der Waals surface area contributed by atoms with Gasteiger partial charge >= 0.3 is 0 Å². The first-order chi connectivity index (χ1) is 9.06. The number of methoxy groups -OCH3 is 1. The van der Waals surface area contributed by atoms with Crippen LogP contribution in [-0.4, -0.2) is 37.4 Å². The highest BCUT2D eigenvalue weighted by Crippen LogP contribution is 2.26. The van der Waals surface area contributed by atoms with E-state index in [4.69, 9.17) is 9.47 Å². The minimum Gasteiger partial charge on any atom is -0.382 e. The van der Waals surface area contributed by atoms with E-state index in [1.807, 2.05) is 6.07 Å². The van der Waals surface area contributed by atoms with E-state index >= 15 is 0 Å². The van der Waals surface area contributed by atoms with Crippen molar-refractivity contribution < 1.29 is 14.4 Å². The van der Waals surface area contributed by atoms with Crippen LogP contribution in [0.2, 0.25) is 0 Å². The molecule has 1 aliphatic rings. The molecule has 0 amide bonds. The summed E-state index contributed by atoms with van der Waals surface area (Å²) in [5.74, 6) is 0. The summed E-state index contributed by atoms with van der Waals surface area (Å²) >= 11 is 0. The first-order valence-electron chi connectivity index (χ1n) is 6.18. The SMILES string of the molecule is COC1(CNc2ccc(C)c([N+](=O)[O-])c2)CCOC1. The van der Waals surface area contributed by atoms with Crippen molar-refractivity contribution in [1.29, 1.82) is 0 Å². The Morgan fingerprint density at radius 1 is 1.58 bits per heavy atom. The van der Waals surface area contributed by atoms with E-state index < -0.39 is 0 Å². The van der Waals surface area contributed by atoms with Gasteiger partial charge in [0.2, 0.25) is 0 Å². The summed E-state index contributed by atoms with van der Waals surface area (Å²) < 4.78 is 10.8. The smallest absolute Gasteiger partial charge is 0.274 e. The Morgan fingerprint density at radius 2 is 2.37 bits per heavy atom. The van der Waals surface area contributed by atoms with Crippen LogP contribution in [0.3, 0.4) is 0 Å². The summed E-state index contributed by atoms with van der Waals surface area (Å²) in [6.07, 6.45) is 0.824. The van der Waals surface area contributed by atoms with Crippen LogP contribution in [0.4, 0.5) is 11.4 Å². The predicted octanol–water partition coefficient (Wildman–Crippen LogP) is 2.12. The van der Waals surface area contributed by atoms with Gasteiger partial charge in [-0.3, -0.25) is 10.1 Å². The Balaban J connectivity index is 2.07. The summed E-state index contributed by atoms with van der Waals surface area (Å²) in [6.45, 7) is 3.53. The molecular formula is C13H18N2O4. The number of hydrogen-bond donors (Lipinski definition) is 1. The summed E-state index contributed by atoms with van der Waals surface area (Å²) in [5, 5.41) is 14.1. The summed E-state index contributed by atoms with van der Waals surface area (Å²) in [5.41, 5.74) is 1.17. The highest BCUT2D eigenvalue weighted by molar-refractivity contribution is 5.55. The normalized spacial score (nSPS) is 22.4. The van der Waals surface area contributed by atoms with Crippen LogP contribution in [0.1, 0.15) is 12.0 Å². The average Bonchev–Trinajstić information content (AvgIpc) is 2.87. The van der Waals surface area contributed by atoms with Crippen molar-refractivity contribution in [2.24, 2.45) is 0 Å². The van der Waals surface area contributed by atoms with Crippen molar-refractivity contribution >= 4 is 11.4 Å². The third kappa shape index (κ3) is 3.02. The van der Waals surface area contributed by atoms with Crippen molar-refractivity contribution in [2.45, 2.75) is 18.9 Å². The summed E-state index contributed by atoms with van der Waals surface area (Å²) in [6, 6.07) is 5.13. The van der Waals surface area contributed by atoms with Gasteiger partial charge in [0, 0.05) is 44.0 Å². The fourth-order valence-corrected chi connectivity index (χ4v) is 2.14. The van der Waals surface area contributed by atoms with Gasteiger partial charge in [0.05, 0.1) is 11.5 Å². The molecule has 0 spiro atoms. The quantitative estimate of drug-likeness (QED) is 0.652. The first-order valence-corrected chi connectivity index (χ1v) is 6.18. The molecule has 1 atom stereocenters. The molecule has 1 N–H and O–H groups in total. The summed E-state index contributed by atoms with van der Waals surface area (Å²) in [4.78, 5) is 10.5. The van der Waals surface area contributed by atoms with Gasteiger partial charge in [-0.1, -0.05) is 6.07 Å². The van der Waals surface area contributed by atoms with Crippen LogP contribution in [-0.2, 0) is 9.47 Å². The van der Waals surface area contributed by atoms with Crippen LogP contribution < -0.4 is 5.32 Å². The van der Waals surface area contributed by atoms with Crippen LogP contribution in [0, 0.1) is 17.0 Å². The van der Waals surface area contributed by atoms with Crippen LogP contribution in [0.25, 0.3) is 0 Å². The van der Waals surface area contributed by atoms with Gasteiger partial charge in [-0.15, -0.1) is 0 Å². The van der Waals surface area contributed by atoms with Crippen molar-refractivity contribution in [2.75, 3.05) is 32.2 Å². The second-order valence-electron chi connectivity index (χ2n) is 4.80. The Bertz CT molecular complexity index is 470. The van der Waals surface area contributed by atoms with E-state index in [1.54, 1.807) is 26.2 Å². The lowest BCUT2D eigenvalue weighted by Crippen LogP contribution is -2.39. The number of nitro benzene ring substituents is 1. The Morgan fingerprint density at radius 3 is 2.95 bits per heavy atom. The molecule has 1 saturated heterocycles. The predicted molar refractivity (Wildman–Crippen MR) is 71.5 cm³/mol. The molecule has 0 saturated carbocycles. The Hall–Kier alpha value is -1.66. The molecule has 104 valence electrons. The Labute approximate surface area is 111 Å². The molecule has 2 rings (SSSR count). The van der Waals surface area contributed by atoms with Gasteiger partial charge in [0.15, 0.2) is 0 Å². The van der Waals surface area contributed by atoms with Crippen LogP contribution in [0.15, 0.2) is 18.2 Å². The molecule has 1 aromatic carbocycles. The highest BCUT2D eigenvalue weighted by atomic mass is 16.6. The fourth-order valence-electron chi connectivity index (χ4n) is 2.14. The minimum absolute atomic E-state index is 0.124. The van der Waals surface area contributed by atoms with E-state index in [0.29, 0.717) is 25.3 Å². The zero-order valence-corrected chi connectivity index (χ0v) is 11.1. The number of hydrogen-bond acceptors (Lipinski definition) is 5. The average molecular weight is 266 g/mol. The molecule has 1 unspecified atom stereocenters. The molecule has 1 heterocycles. The standard InChI is InChI=1S/C13H18N2O4/c1-10-3-4-11(7-12(10)15(16)17)14-8-13(18-2)5-6-19-9-13/h3-4,7,14H,5-6,8-9H2,1-2H3. The molecule has 0 aliphatic carbocycles. The maximum atomic E-state index is 10.9. The second-order valence-corrected chi connectivity index (χ2v) is 4.80. The number of rotatable bonds is 5.